The summed E-state index contributed by atoms with van der Waals surface area (Å²) in [4.78, 5) is 17.2. The van der Waals surface area contributed by atoms with Gasteiger partial charge in [-0.1, -0.05) is 28.4 Å². The van der Waals surface area contributed by atoms with Crippen molar-refractivity contribution in [3.05, 3.63) is 51.8 Å². The van der Waals surface area contributed by atoms with E-state index in [1.807, 2.05) is 0 Å². The van der Waals surface area contributed by atoms with Gasteiger partial charge in [-0.15, -0.1) is 0 Å². The highest BCUT2D eigenvalue weighted by molar-refractivity contribution is 6.33. The third-order valence-electron chi connectivity index (χ3n) is 3.43. The first kappa shape index (κ1) is 20.8. The Morgan fingerprint density at radius 1 is 1.19 bits per heavy atom. The smallest absolute Gasteiger partial charge is 0.268 e. The summed E-state index contributed by atoms with van der Waals surface area (Å²) in [6.07, 6.45) is 0.459. The van der Waals surface area contributed by atoms with Gasteiger partial charge >= 0.3 is 0 Å². The highest BCUT2D eigenvalue weighted by Crippen LogP contribution is 2.35. The minimum atomic E-state index is -0.919. The van der Waals surface area contributed by atoms with Gasteiger partial charge in [-0.05, 0) is 37.3 Å². The van der Waals surface area contributed by atoms with Crippen LogP contribution in [0.2, 0.25) is 10.0 Å². The molecular weight excluding hydrogens is 398 g/mol. The zero-order valence-electron chi connectivity index (χ0n) is 14.8. The van der Waals surface area contributed by atoms with Crippen LogP contribution in [-0.2, 0) is 9.63 Å². The lowest BCUT2D eigenvalue weighted by molar-refractivity contribution is -0.126. The van der Waals surface area contributed by atoms with Gasteiger partial charge in [-0.25, -0.2) is 4.39 Å². The van der Waals surface area contributed by atoms with Gasteiger partial charge in [-0.3, -0.25) is 4.79 Å². The Hall–Kier alpha value is -2.51. The van der Waals surface area contributed by atoms with Crippen LogP contribution in [0, 0.1) is 5.82 Å². The van der Waals surface area contributed by atoms with Gasteiger partial charge in [0.2, 0.25) is 6.10 Å². The molecule has 0 radical (unpaired) electrons. The lowest BCUT2D eigenvalue weighted by Gasteiger charge is -2.12. The summed E-state index contributed by atoms with van der Waals surface area (Å²) < 4.78 is 23.4. The van der Waals surface area contributed by atoms with Gasteiger partial charge in [0.15, 0.2) is 11.5 Å². The molecule has 0 unspecified atom stereocenters. The number of carbonyl (C=O) groups is 1. The van der Waals surface area contributed by atoms with E-state index in [4.69, 9.17) is 37.5 Å². The second-order valence-corrected chi connectivity index (χ2v) is 6.15. The largest absolute Gasteiger partial charge is 0.493 e. The van der Waals surface area contributed by atoms with Crippen molar-refractivity contribution in [2.45, 2.75) is 13.0 Å². The third kappa shape index (κ3) is 5.48. The minimum Gasteiger partial charge on any atom is -0.493 e. The summed E-state index contributed by atoms with van der Waals surface area (Å²) >= 11 is 12.0. The Labute approximate surface area is 165 Å². The first-order chi connectivity index (χ1) is 12.8. The van der Waals surface area contributed by atoms with E-state index in [1.165, 1.54) is 39.5 Å². The highest BCUT2D eigenvalue weighted by Gasteiger charge is 2.16. The van der Waals surface area contributed by atoms with E-state index in [0.29, 0.717) is 22.1 Å². The molecule has 2 aromatic carbocycles. The monoisotopic (exact) mass is 414 g/mol. The number of anilines is 1. The molecule has 144 valence electrons. The number of benzene rings is 2. The molecule has 1 amide bonds. The quantitative estimate of drug-likeness (QED) is 0.533. The first-order valence-corrected chi connectivity index (χ1v) is 8.48. The van der Waals surface area contributed by atoms with Crippen molar-refractivity contribution < 1.29 is 23.5 Å². The number of methoxy groups -OCH3 is 2. The van der Waals surface area contributed by atoms with Crippen LogP contribution < -0.4 is 14.8 Å². The fourth-order valence-electron chi connectivity index (χ4n) is 2.07. The number of nitrogens with zero attached hydrogens (tertiary/aromatic N) is 1. The first-order valence-electron chi connectivity index (χ1n) is 7.72. The van der Waals surface area contributed by atoms with Crippen LogP contribution in [0.15, 0.2) is 35.5 Å². The predicted octanol–water partition coefficient (Wildman–Crippen LogP) is 4.53. The Kier molecular flexibility index (Phi) is 7.27. The van der Waals surface area contributed by atoms with E-state index in [9.17, 15) is 9.18 Å². The molecule has 0 fully saturated rings. The fourth-order valence-corrected chi connectivity index (χ4v) is 2.58. The fraction of sp³-hybridized carbons (Fsp3) is 0.222. The van der Waals surface area contributed by atoms with E-state index in [-0.39, 0.29) is 10.7 Å². The number of rotatable bonds is 7. The van der Waals surface area contributed by atoms with E-state index in [2.05, 4.69) is 10.5 Å². The molecule has 9 heteroatoms. The highest BCUT2D eigenvalue weighted by atomic mass is 35.5. The van der Waals surface area contributed by atoms with Crippen molar-refractivity contribution in [2.75, 3.05) is 19.5 Å². The lowest BCUT2D eigenvalue weighted by Crippen LogP contribution is -2.26. The maximum absolute atomic E-state index is 13.0. The molecule has 0 aliphatic heterocycles. The van der Waals surface area contributed by atoms with Crippen LogP contribution >= 0.6 is 23.2 Å². The van der Waals surface area contributed by atoms with Gasteiger partial charge in [0.1, 0.15) is 5.82 Å². The van der Waals surface area contributed by atoms with Crippen molar-refractivity contribution in [1.29, 1.82) is 0 Å². The standard InChI is InChI=1S/C18H17Cl2FN2O4/c1-10(18(24)23-15-5-4-12(21)8-13(15)19)27-22-9-11-6-14(20)17(26-3)16(7-11)25-2/h4-10H,1-3H3,(H,23,24)/b22-9-/t10-/m1/s1. The Morgan fingerprint density at radius 3 is 2.56 bits per heavy atom. The number of amides is 1. The predicted molar refractivity (Wildman–Crippen MR) is 103 cm³/mol. The number of nitrogens with one attached hydrogen (secondary N) is 1. The molecule has 6 nitrogen and oxygen atoms in total. The molecule has 0 aromatic heterocycles. The van der Waals surface area contributed by atoms with E-state index < -0.39 is 17.8 Å². The van der Waals surface area contributed by atoms with Gasteiger partial charge in [0.25, 0.3) is 5.91 Å². The summed E-state index contributed by atoms with van der Waals surface area (Å²) in [7, 11) is 2.97. The lowest BCUT2D eigenvalue weighted by atomic mass is 10.2. The van der Waals surface area contributed by atoms with Gasteiger partial charge in [-0.2, -0.15) is 0 Å². The van der Waals surface area contributed by atoms with Crippen LogP contribution in [0.25, 0.3) is 0 Å². The Balaban J connectivity index is 2.01. The van der Waals surface area contributed by atoms with Crippen molar-refractivity contribution in [3.8, 4) is 11.5 Å². The number of hydrogen-bond donors (Lipinski definition) is 1. The molecule has 0 saturated heterocycles. The van der Waals surface area contributed by atoms with Crippen molar-refractivity contribution in [1.82, 2.24) is 0 Å². The molecule has 0 aliphatic rings. The average Bonchev–Trinajstić information content (AvgIpc) is 2.63. The molecule has 27 heavy (non-hydrogen) atoms. The second kappa shape index (κ2) is 9.43. The van der Waals surface area contributed by atoms with E-state index in [0.717, 1.165) is 6.07 Å². The summed E-state index contributed by atoms with van der Waals surface area (Å²) in [6.45, 7) is 1.51. The zero-order chi connectivity index (χ0) is 20.0. The summed E-state index contributed by atoms with van der Waals surface area (Å²) in [5, 5.41) is 6.74. The molecular formula is C18H17Cl2FN2O4. The van der Waals surface area contributed by atoms with Gasteiger partial charge < -0.3 is 19.6 Å². The second-order valence-electron chi connectivity index (χ2n) is 5.33. The van der Waals surface area contributed by atoms with Crippen LogP contribution in [0.5, 0.6) is 11.5 Å². The number of ether oxygens (including phenoxy) is 2. The molecule has 1 N–H and O–H groups in total. The molecule has 0 saturated carbocycles. The molecule has 1 atom stereocenters. The van der Waals surface area contributed by atoms with E-state index >= 15 is 0 Å². The summed E-state index contributed by atoms with van der Waals surface area (Å²) in [5.74, 6) is -0.157. The maximum atomic E-state index is 13.0. The van der Waals surface area contributed by atoms with Crippen molar-refractivity contribution in [2.24, 2.45) is 5.16 Å². The molecule has 0 spiro atoms. The van der Waals surface area contributed by atoms with Gasteiger partial charge in [0, 0.05) is 5.56 Å². The normalized spacial score (nSPS) is 11.9. The Bertz CT molecular complexity index is 861. The number of carbonyl (C=O) groups excluding carboxylic acids is 1. The summed E-state index contributed by atoms with van der Waals surface area (Å²) in [5.41, 5.74) is 0.862. The van der Waals surface area contributed by atoms with Crippen molar-refractivity contribution >= 4 is 41.0 Å². The van der Waals surface area contributed by atoms with Crippen LogP contribution in [0.4, 0.5) is 10.1 Å². The molecule has 0 aliphatic carbocycles. The molecule has 2 aromatic rings. The average molecular weight is 415 g/mol. The minimum absolute atomic E-state index is 0.0824. The van der Waals surface area contributed by atoms with Gasteiger partial charge in [0.05, 0.1) is 36.2 Å². The van der Waals surface area contributed by atoms with E-state index in [1.54, 1.807) is 12.1 Å². The van der Waals surface area contributed by atoms with Crippen LogP contribution in [0.3, 0.4) is 0 Å². The maximum Gasteiger partial charge on any atom is 0.268 e. The topological polar surface area (TPSA) is 69.2 Å². The molecule has 0 bridgehead atoms. The SMILES string of the molecule is COc1cc(/C=N\O[C@H](C)C(=O)Nc2ccc(F)cc2Cl)cc(Cl)c1OC. The third-order valence-corrected chi connectivity index (χ3v) is 4.03. The van der Waals surface area contributed by atoms with Crippen LogP contribution in [-0.4, -0.2) is 32.4 Å². The Morgan fingerprint density at radius 2 is 1.93 bits per heavy atom. The van der Waals surface area contributed by atoms with Crippen molar-refractivity contribution in [3.63, 3.8) is 0 Å². The number of oxime groups is 1. The van der Waals surface area contributed by atoms with Crippen LogP contribution in [0.1, 0.15) is 12.5 Å². The number of halogens is 3. The summed E-state index contributed by atoms with van der Waals surface area (Å²) in [6, 6.07) is 6.91. The molecule has 0 heterocycles. The number of hydrogen-bond acceptors (Lipinski definition) is 5. The molecule has 2 rings (SSSR count). The zero-order valence-corrected chi connectivity index (χ0v) is 16.3.